The number of sulfonamides is 1. The Hall–Kier alpha value is -0.640. The van der Waals surface area contributed by atoms with Crippen LogP contribution in [0.2, 0.25) is 0 Å². The van der Waals surface area contributed by atoms with E-state index in [1.54, 1.807) is 11.4 Å². The first kappa shape index (κ1) is 16.7. The molecule has 9 heteroatoms. The van der Waals surface area contributed by atoms with Gasteiger partial charge < -0.3 is 4.74 Å². The van der Waals surface area contributed by atoms with Crippen LogP contribution in [0.5, 0.6) is 0 Å². The highest BCUT2D eigenvalue weighted by Crippen LogP contribution is 2.26. The zero-order chi connectivity index (χ0) is 15.5. The van der Waals surface area contributed by atoms with Crippen molar-refractivity contribution in [2.45, 2.75) is 48.2 Å². The van der Waals surface area contributed by atoms with E-state index in [0.717, 1.165) is 11.3 Å². The van der Waals surface area contributed by atoms with Crippen molar-refractivity contribution in [1.82, 2.24) is 4.72 Å². The number of hydrogen-bond donors (Lipinski definition) is 1. The minimum absolute atomic E-state index is 0.209. The van der Waals surface area contributed by atoms with Crippen molar-refractivity contribution in [3.8, 4) is 0 Å². The quantitative estimate of drug-likeness (QED) is 0.894. The molecule has 1 aliphatic rings. The summed E-state index contributed by atoms with van der Waals surface area (Å²) in [4.78, 5) is 0. The van der Waals surface area contributed by atoms with Gasteiger partial charge in [0.25, 0.3) is 0 Å². The minimum Gasteiger partial charge on any atom is -0.369 e. The number of nitrogens with one attached hydrogen (secondary N) is 1. The summed E-state index contributed by atoms with van der Waals surface area (Å²) in [6, 6.07) is 2.74. The first-order valence-corrected chi connectivity index (χ1v) is 8.87. The van der Waals surface area contributed by atoms with Crippen molar-refractivity contribution in [3.05, 3.63) is 17.5 Å². The zero-order valence-electron chi connectivity index (χ0n) is 11.1. The summed E-state index contributed by atoms with van der Waals surface area (Å²) in [7, 11) is -3.59. The summed E-state index contributed by atoms with van der Waals surface area (Å²) in [5, 5.41) is 1.66. The number of alkyl halides is 3. The number of rotatable bonds is 5. The summed E-state index contributed by atoms with van der Waals surface area (Å²) < 4.78 is 68.1. The second kappa shape index (κ2) is 6.64. The third kappa shape index (κ3) is 5.24. The molecule has 1 fully saturated rings. The van der Waals surface area contributed by atoms with E-state index >= 15 is 0 Å². The molecule has 0 saturated heterocycles. The molecule has 0 radical (unpaired) electrons. The maximum atomic E-state index is 12.1. The van der Waals surface area contributed by atoms with Crippen LogP contribution >= 0.6 is 11.3 Å². The Morgan fingerprint density at radius 3 is 2.76 bits per heavy atom. The molecule has 0 amide bonds. The Balaban J connectivity index is 1.90. The number of hydrogen-bond acceptors (Lipinski definition) is 4. The Bertz CT molecular complexity index is 543. The Morgan fingerprint density at radius 1 is 1.38 bits per heavy atom. The molecule has 0 aromatic carbocycles. The molecule has 21 heavy (non-hydrogen) atoms. The predicted octanol–water partition coefficient (Wildman–Crippen LogP) is 2.92. The lowest BCUT2D eigenvalue weighted by molar-refractivity contribution is -0.188. The van der Waals surface area contributed by atoms with Gasteiger partial charge in [-0.25, -0.2) is 13.1 Å². The van der Waals surface area contributed by atoms with Gasteiger partial charge in [-0.1, -0.05) is 6.07 Å². The van der Waals surface area contributed by atoms with Gasteiger partial charge in [-0.05, 0) is 37.1 Å². The molecule has 1 aliphatic carbocycles. The maximum Gasteiger partial charge on any atom is 0.411 e. The van der Waals surface area contributed by atoms with Crippen molar-refractivity contribution in [2.75, 3.05) is 6.61 Å². The van der Waals surface area contributed by atoms with Crippen molar-refractivity contribution in [2.24, 2.45) is 0 Å². The normalized spacial score (nSPS) is 24.1. The van der Waals surface area contributed by atoms with E-state index in [1.807, 2.05) is 0 Å². The van der Waals surface area contributed by atoms with Crippen LogP contribution in [0.3, 0.4) is 0 Å². The number of thiophene rings is 1. The van der Waals surface area contributed by atoms with Crippen molar-refractivity contribution in [1.29, 1.82) is 0 Å². The second-order valence-electron chi connectivity index (χ2n) is 4.97. The molecule has 4 nitrogen and oxygen atoms in total. The smallest absolute Gasteiger partial charge is 0.369 e. The van der Waals surface area contributed by atoms with Gasteiger partial charge in [0, 0.05) is 6.04 Å². The molecule has 0 aliphatic heterocycles. The molecular formula is C12H16F3NO3S2. The van der Waals surface area contributed by atoms with Gasteiger partial charge in [0.1, 0.15) is 10.8 Å². The highest BCUT2D eigenvalue weighted by molar-refractivity contribution is 7.91. The van der Waals surface area contributed by atoms with E-state index in [2.05, 4.69) is 4.72 Å². The lowest BCUT2D eigenvalue weighted by Crippen LogP contribution is -2.40. The zero-order valence-corrected chi connectivity index (χ0v) is 12.7. The fourth-order valence-corrected chi connectivity index (χ4v) is 4.60. The Kier molecular flexibility index (Phi) is 5.29. The lowest BCUT2D eigenvalue weighted by Gasteiger charge is -2.29. The van der Waals surface area contributed by atoms with Crippen LogP contribution < -0.4 is 4.72 Å². The monoisotopic (exact) mass is 343 g/mol. The largest absolute Gasteiger partial charge is 0.411 e. The van der Waals surface area contributed by atoms with Crippen LogP contribution in [0.1, 0.15) is 25.7 Å². The predicted molar refractivity (Wildman–Crippen MR) is 72.7 cm³/mol. The van der Waals surface area contributed by atoms with Gasteiger partial charge in [0.05, 0.1) is 6.10 Å². The maximum absolute atomic E-state index is 12.1. The lowest BCUT2D eigenvalue weighted by atomic mass is 9.93. The van der Waals surface area contributed by atoms with E-state index in [1.165, 1.54) is 6.07 Å². The van der Waals surface area contributed by atoms with Gasteiger partial charge >= 0.3 is 6.18 Å². The van der Waals surface area contributed by atoms with E-state index in [0.29, 0.717) is 19.3 Å². The average molecular weight is 343 g/mol. The summed E-state index contributed by atoms with van der Waals surface area (Å²) in [6.07, 6.45) is -2.88. The second-order valence-corrected chi connectivity index (χ2v) is 7.85. The molecular weight excluding hydrogens is 327 g/mol. The third-order valence-electron chi connectivity index (χ3n) is 3.19. The standard InChI is InChI=1S/C12H16F3NO3S2/c13-12(14,15)8-19-10-4-1-3-9(7-10)16-21(17,18)11-5-2-6-20-11/h2,5-6,9-10,16H,1,3-4,7-8H2. The van der Waals surface area contributed by atoms with E-state index in [9.17, 15) is 21.6 Å². The van der Waals surface area contributed by atoms with Crippen LogP contribution in [0.15, 0.2) is 21.7 Å². The fourth-order valence-electron chi connectivity index (χ4n) is 2.31. The van der Waals surface area contributed by atoms with Gasteiger partial charge in [0.15, 0.2) is 0 Å². The molecule has 0 spiro atoms. The molecule has 2 unspecified atom stereocenters. The van der Waals surface area contributed by atoms with Crippen LogP contribution in [-0.2, 0) is 14.8 Å². The first-order chi connectivity index (χ1) is 9.76. The molecule has 2 atom stereocenters. The van der Waals surface area contributed by atoms with Gasteiger partial charge in [-0.3, -0.25) is 0 Å². The van der Waals surface area contributed by atoms with Crippen LogP contribution in [0.4, 0.5) is 13.2 Å². The van der Waals surface area contributed by atoms with Crippen molar-refractivity contribution in [3.63, 3.8) is 0 Å². The summed E-state index contributed by atoms with van der Waals surface area (Å²) >= 11 is 1.10. The Labute approximate surface area is 125 Å². The van der Waals surface area contributed by atoms with Crippen LogP contribution in [0.25, 0.3) is 0 Å². The summed E-state index contributed by atoms with van der Waals surface area (Å²) in [5.74, 6) is 0. The van der Waals surface area contributed by atoms with Crippen LogP contribution in [-0.4, -0.2) is 33.3 Å². The van der Waals surface area contributed by atoms with Crippen molar-refractivity contribution >= 4 is 21.4 Å². The highest BCUT2D eigenvalue weighted by atomic mass is 32.2. The van der Waals surface area contributed by atoms with E-state index in [4.69, 9.17) is 4.74 Å². The fraction of sp³-hybridized carbons (Fsp3) is 0.667. The van der Waals surface area contributed by atoms with Crippen LogP contribution in [0, 0.1) is 0 Å². The number of ether oxygens (including phenoxy) is 1. The topological polar surface area (TPSA) is 55.4 Å². The molecule has 2 rings (SSSR count). The first-order valence-electron chi connectivity index (χ1n) is 6.50. The Morgan fingerprint density at radius 2 is 2.14 bits per heavy atom. The van der Waals surface area contributed by atoms with Gasteiger partial charge in [0.2, 0.25) is 10.0 Å². The molecule has 0 bridgehead atoms. The SMILES string of the molecule is O=S(=O)(NC1CCCC(OCC(F)(F)F)C1)c1cccs1. The number of halogens is 3. The van der Waals surface area contributed by atoms with Crippen molar-refractivity contribution < 1.29 is 26.3 Å². The highest BCUT2D eigenvalue weighted by Gasteiger charge is 2.32. The molecule has 1 N–H and O–H groups in total. The van der Waals surface area contributed by atoms with Gasteiger partial charge in [-0.15, -0.1) is 11.3 Å². The summed E-state index contributed by atoms with van der Waals surface area (Å²) in [6.45, 7) is -1.29. The minimum atomic E-state index is -4.36. The molecule has 120 valence electrons. The average Bonchev–Trinajstić information content (AvgIpc) is 2.90. The molecule has 1 saturated carbocycles. The molecule has 1 aromatic rings. The summed E-state index contributed by atoms with van der Waals surface area (Å²) in [5.41, 5.74) is 0. The molecule has 1 heterocycles. The van der Waals surface area contributed by atoms with E-state index < -0.39 is 28.9 Å². The third-order valence-corrected chi connectivity index (χ3v) is 6.11. The van der Waals surface area contributed by atoms with E-state index in [-0.39, 0.29) is 16.7 Å². The van der Waals surface area contributed by atoms with Gasteiger partial charge in [-0.2, -0.15) is 13.2 Å². The molecule has 1 aromatic heterocycles.